The molecule has 5 nitrogen and oxygen atoms in total. The molecule has 1 heterocycles. The second-order valence-electron chi connectivity index (χ2n) is 7.14. The van der Waals surface area contributed by atoms with Crippen LogP contribution in [0.15, 0.2) is 85.6 Å². The lowest BCUT2D eigenvalue weighted by Gasteiger charge is -2.23. The highest BCUT2D eigenvalue weighted by Gasteiger charge is 2.16. The second kappa shape index (κ2) is 11.6. The van der Waals surface area contributed by atoms with Gasteiger partial charge in [-0.15, -0.1) is 6.58 Å². The van der Waals surface area contributed by atoms with Crippen molar-refractivity contribution in [1.82, 2.24) is 9.88 Å². The summed E-state index contributed by atoms with van der Waals surface area (Å²) in [5.74, 6) is 1.07. The van der Waals surface area contributed by atoms with Crippen molar-refractivity contribution in [1.29, 1.82) is 0 Å². The lowest BCUT2D eigenvalue weighted by molar-refractivity contribution is -0.134. The maximum atomic E-state index is 13.0. The minimum absolute atomic E-state index is 0.0633. The molecule has 3 rings (SSSR count). The number of amides is 1. The van der Waals surface area contributed by atoms with E-state index in [4.69, 9.17) is 9.47 Å². The molecule has 0 radical (unpaired) electrons. The Morgan fingerprint density at radius 3 is 2.55 bits per heavy atom. The molecular weight excluding hydrogens is 388 g/mol. The molecule has 0 bridgehead atoms. The van der Waals surface area contributed by atoms with Crippen molar-refractivity contribution < 1.29 is 14.3 Å². The van der Waals surface area contributed by atoms with Crippen LogP contribution in [0.3, 0.4) is 0 Å². The molecule has 0 N–H and O–H groups in total. The largest absolute Gasteiger partial charge is 0.493 e. The van der Waals surface area contributed by atoms with Crippen molar-refractivity contribution in [2.45, 2.75) is 19.4 Å². The number of pyridine rings is 1. The van der Waals surface area contributed by atoms with Crippen LogP contribution < -0.4 is 9.47 Å². The van der Waals surface area contributed by atoms with Crippen molar-refractivity contribution in [2.75, 3.05) is 20.3 Å². The Morgan fingerprint density at radius 1 is 1.03 bits per heavy atom. The Bertz CT molecular complexity index is 974. The molecule has 3 aromatic rings. The number of hydrogen-bond donors (Lipinski definition) is 0. The number of nitrogens with zero attached hydrogens (tertiary/aromatic N) is 2. The SMILES string of the molecule is C=CCc1ccc(OCC(=O)N(CCc2ccccn2)Cc2ccccc2)c(OC)c1. The van der Waals surface area contributed by atoms with Gasteiger partial charge >= 0.3 is 0 Å². The number of carbonyl (C=O) groups excluding carboxylic acids is 1. The molecule has 0 spiro atoms. The third-order valence-corrected chi connectivity index (χ3v) is 4.89. The van der Waals surface area contributed by atoms with E-state index in [0.717, 1.165) is 23.2 Å². The lowest BCUT2D eigenvalue weighted by atomic mass is 10.1. The van der Waals surface area contributed by atoms with Gasteiger partial charge in [0.2, 0.25) is 0 Å². The van der Waals surface area contributed by atoms with E-state index in [1.54, 1.807) is 13.3 Å². The predicted molar refractivity (Wildman–Crippen MR) is 122 cm³/mol. The van der Waals surface area contributed by atoms with Crippen LogP contribution in [-0.4, -0.2) is 36.1 Å². The van der Waals surface area contributed by atoms with Gasteiger partial charge in [-0.25, -0.2) is 0 Å². The van der Waals surface area contributed by atoms with Gasteiger partial charge in [0.25, 0.3) is 5.91 Å². The van der Waals surface area contributed by atoms with Gasteiger partial charge in [-0.05, 0) is 41.8 Å². The highest BCUT2D eigenvalue weighted by Crippen LogP contribution is 2.28. The summed E-state index contributed by atoms with van der Waals surface area (Å²) in [5.41, 5.74) is 3.10. The van der Waals surface area contributed by atoms with E-state index in [9.17, 15) is 4.79 Å². The molecule has 0 saturated carbocycles. The fraction of sp³-hybridized carbons (Fsp3) is 0.231. The fourth-order valence-electron chi connectivity index (χ4n) is 3.25. The van der Waals surface area contributed by atoms with Gasteiger partial charge in [-0.2, -0.15) is 0 Å². The van der Waals surface area contributed by atoms with Crippen molar-refractivity contribution in [2.24, 2.45) is 0 Å². The van der Waals surface area contributed by atoms with Gasteiger partial charge in [-0.1, -0.05) is 48.5 Å². The number of aromatic nitrogens is 1. The number of carbonyl (C=O) groups is 1. The van der Waals surface area contributed by atoms with Crippen molar-refractivity contribution in [3.05, 3.63) is 102 Å². The summed E-state index contributed by atoms with van der Waals surface area (Å²) in [6, 6.07) is 21.5. The average molecular weight is 417 g/mol. The molecule has 0 aliphatic heterocycles. The molecule has 0 atom stereocenters. The quantitative estimate of drug-likeness (QED) is 0.433. The minimum atomic E-state index is -0.0861. The normalized spacial score (nSPS) is 10.4. The summed E-state index contributed by atoms with van der Waals surface area (Å²) in [6.07, 6.45) is 5.03. The molecule has 31 heavy (non-hydrogen) atoms. The molecule has 0 fully saturated rings. The third kappa shape index (κ3) is 6.71. The predicted octanol–water partition coefficient (Wildman–Crippen LogP) is 4.47. The van der Waals surface area contributed by atoms with Gasteiger partial charge < -0.3 is 14.4 Å². The standard InChI is InChI=1S/C26H28N2O3/c1-3-9-21-13-14-24(25(18-21)30-2)31-20-26(29)28(19-22-10-5-4-6-11-22)17-15-23-12-7-8-16-27-23/h3-8,10-14,16,18H,1,9,15,17,19-20H2,2H3. The van der Waals surface area contributed by atoms with Crippen LogP contribution in [0.1, 0.15) is 16.8 Å². The number of methoxy groups -OCH3 is 1. The first kappa shape index (κ1) is 22.1. The molecule has 2 aromatic carbocycles. The first-order valence-electron chi connectivity index (χ1n) is 10.3. The molecule has 160 valence electrons. The summed E-state index contributed by atoms with van der Waals surface area (Å²) in [7, 11) is 1.59. The van der Waals surface area contributed by atoms with E-state index in [0.29, 0.717) is 31.0 Å². The van der Waals surface area contributed by atoms with Crippen LogP contribution in [0.25, 0.3) is 0 Å². The van der Waals surface area contributed by atoms with Gasteiger partial charge in [-0.3, -0.25) is 9.78 Å². The Kier molecular flexibility index (Phi) is 8.23. The molecule has 1 amide bonds. The first-order valence-corrected chi connectivity index (χ1v) is 10.3. The van der Waals surface area contributed by atoms with E-state index >= 15 is 0 Å². The summed E-state index contributed by atoms with van der Waals surface area (Å²) in [5, 5.41) is 0. The van der Waals surface area contributed by atoms with Crippen LogP contribution in [-0.2, 0) is 24.2 Å². The van der Waals surface area contributed by atoms with Crippen LogP contribution in [0, 0.1) is 0 Å². The van der Waals surface area contributed by atoms with E-state index in [-0.39, 0.29) is 12.5 Å². The molecule has 1 aromatic heterocycles. The molecule has 0 aliphatic carbocycles. The maximum absolute atomic E-state index is 13.0. The smallest absolute Gasteiger partial charge is 0.260 e. The number of benzene rings is 2. The Balaban J connectivity index is 1.68. The highest BCUT2D eigenvalue weighted by molar-refractivity contribution is 5.78. The lowest BCUT2D eigenvalue weighted by Crippen LogP contribution is -2.36. The van der Waals surface area contributed by atoms with Gasteiger partial charge in [0.05, 0.1) is 7.11 Å². The zero-order chi connectivity index (χ0) is 21.9. The summed E-state index contributed by atoms with van der Waals surface area (Å²) >= 11 is 0. The Hall–Kier alpha value is -3.60. The monoisotopic (exact) mass is 416 g/mol. The molecular formula is C26H28N2O3. The second-order valence-corrected chi connectivity index (χ2v) is 7.14. The summed E-state index contributed by atoms with van der Waals surface area (Å²) in [4.78, 5) is 19.2. The van der Waals surface area contributed by atoms with E-state index < -0.39 is 0 Å². The van der Waals surface area contributed by atoms with Gasteiger partial charge in [0.1, 0.15) is 0 Å². The Labute approximate surface area is 184 Å². The zero-order valence-corrected chi connectivity index (χ0v) is 17.9. The van der Waals surface area contributed by atoms with Crippen molar-refractivity contribution in [3.8, 4) is 11.5 Å². The number of hydrogen-bond acceptors (Lipinski definition) is 4. The molecule has 0 saturated heterocycles. The van der Waals surface area contributed by atoms with Crippen molar-refractivity contribution >= 4 is 5.91 Å². The average Bonchev–Trinajstić information content (AvgIpc) is 2.82. The fourth-order valence-corrected chi connectivity index (χ4v) is 3.25. The first-order chi connectivity index (χ1) is 15.2. The maximum Gasteiger partial charge on any atom is 0.260 e. The third-order valence-electron chi connectivity index (χ3n) is 4.89. The summed E-state index contributed by atoms with van der Waals surface area (Å²) in [6.45, 7) is 4.77. The van der Waals surface area contributed by atoms with Crippen LogP contribution in [0.5, 0.6) is 11.5 Å². The van der Waals surface area contributed by atoms with E-state index in [2.05, 4.69) is 11.6 Å². The molecule has 0 aliphatic rings. The van der Waals surface area contributed by atoms with Gasteiger partial charge in [0, 0.05) is 31.4 Å². The minimum Gasteiger partial charge on any atom is -0.493 e. The van der Waals surface area contributed by atoms with Crippen LogP contribution in [0.4, 0.5) is 0 Å². The zero-order valence-electron chi connectivity index (χ0n) is 17.9. The number of rotatable bonds is 11. The Morgan fingerprint density at radius 2 is 1.84 bits per heavy atom. The number of allylic oxidation sites excluding steroid dienone is 1. The molecule has 0 unspecified atom stereocenters. The van der Waals surface area contributed by atoms with Gasteiger partial charge in [0.15, 0.2) is 18.1 Å². The van der Waals surface area contributed by atoms with E-state index in [1.165, 1.54) is 0 Å². The van der Waals surface area contributed by atoms with Crippen LogP contribution >= 0.6 is 0 Å². The van der Waals surface area contributed by atoms with Crippen LogP contribution in [0.2, 0.25) is 0 Å². The summed E-state index contributed by atoms with van der Waals surface area (Å²) < 4.78 is 11.3. The van der Waals surface area contributed by atoms with Crippen molar-refractivity contribution in [3.63, 3.8) is 0 Å². The molecule has 5 heteroatoms. The number of ether oxygens (including phenoxy) is 2. The van der Waals surface area contributed by atoms with E-state index in [1.807, 2.05) is 77.7 Å². The topological polar surface area (TPSA) is 51.7 Å². The highest BCUT2D eigenvalue weighted by atomic mass is 16.5.